The zero-order valence-corrected chi connectivity index (χ0v) is 16.6. The van der Waals surface area contributed by atoms with Crippen molar-refractivity contribution in [2.24, 2.45) is 0 Å². The van der Waals surface area contributed by atoms with Gasteiger partial charge in [-0.1, -0.05) is 35.3 Å². The van der Waals surface area contributed by atoms with Crippen LogP contribution in [0, 0.1) is 0 Å². The third kappa shape index (κ3) is 3.90. The van der Waals surface area contributed by atoms with Crippen LogP contribution in [0.15, 0.2) is 36.4 Å². The average molecular weight is 410 g/mol. The molecular formula is C19H17Cl2NO3S. The molecule has 0 saturated carbocycles. The molecule has 1 heterocycles. The van der Waals surface area contributed by atoms with Crippen molar-refractivity contribution in [2.75, 3.05) is 20.8 Å². The highest BCUT2D eigenvalue weighted by Gasteiger charge is 2.17. The van der Waals surface area contributed by atoms with Crippen LogP contribution in [0.1, 0.15) is 15.2 Å². The van der Waals surface area contributed by atoms with E-state index < -0.39 is 0 Å². The maximum absolute atomic E-state index is 12.5. The van der Waals surface area contributed by atoms with Crippen molar-refractivity contribution in [1.29, 1.82) is 0 Å². The highest BCUT2D eigenvalue weighted by molar-refractivity contribution is 7.21. The lowest BCUT2D eigenvalue weighted by molar-refractivity contribution is 0.0958. The van der Waals surface area contributed by atoms with E-state index in [1.807, 2.05) is 30.3 Å². The van der Waals surface area contributed by atoms with Crippen molar-refractivity contribution in [3.63, 3.8) is 0 Å². The molecule has 0 unspecified atom stereocenters. The van der Waals surface area contributed by atoms with Gasteiger partial charge in [-0.15, -0.1) is 11.3 Å². The van der Waals surface area contributed by atoms with Crippen molar-refractivity contribution in [1.82, 2.24) is 5.32 Å². The lowest BCUT2D eigenvalue weighted by Gasteiger charge is -2.10. The molecule has 3 aromatic rings. The van der Waals surface area contributed by atoms with E-state index in [1.165, 1.54) is 11.3 Å². The van der Waals surface area contributed by atoms with Gasteiger partial charge in [0.25, 0.3) is 5.91 Å². The fourth-order valence-corrected chi connectivity index (χ4v) is 4.33. The molecule has 0 radical (unpaired) electrons. The number of halogens is 2. The van der Waals surface area contributed by atoms with E-state index in [1.54, 1.807) is 20.3 Å². The summed E-state index contributed by atoms with van der Waals surface area (Å²) in [4.78, 5) is 13.0. The molecule has 7 heteroatoms. The Morgan fingerprint density at radius 3 is 2.58 bits per heavy atom. The first-order valence-corrected chi connectivity index (χ1v) is 9.47. The van der Waals surface area contributed by atoms with Crippen LogP contribution < -0.4 is 14.8 Å². The molecule has 0 aliphatic heterocycles. The molecule has 1 amide bonds. The van der Waals surface area contributed by atoms with Crippen LogP contribution in [-0.4, -0.2) is 26.7 Å². The number of hydrogen-bond acceptors (Lipinski definition) is 4. The molecule has 3 rings (SSSR count). The molecular weight excluding hydrogens is 393 g/mol. The maximum Gasteiger partial charge on any atom is 0.262 e. The number of rotatable bonds is 6. The minimum Gasteiger partial charge on any atom is -0.493 e. The molecule has 0 aliphatic rings. The van der Waals surface area contributed by atoms with Crippen molar-refractivity contribution < 1.29 is 14.3 Å². The molecule has 1 N–H and O–H groups in total. The zero-order valence-electron chi connectivity index (χ0n) is 14.3. The van der Waals surface area contributed by atoms with Crippen LogP contribution in [0.4, 0.5) is 0 Å². The first-order valence-electron chi connectivity index (χ1n) is 7.90. The maximum atomic E-state index is 12.5. The summed E-state index contributed by atoms with van der Waals surface area (Å²) in [6.45, 7) is 0.486. The van der Waals surface area contributed by atoms with Gasteiger partial charge in [0.1, 0.15) is 4.88 Å². The number of carbonyl (C=O) groups is 1. The fraction of sp³-hybridized carbons (Fsp3) is 0.211. The Morgan fingerprint density at radius 1 is 1.08 bits per heavy atom. The Bertz CT molecular complexity index is 955. The van der Waals surface area contributed by atoms with Crippen molar-refractivity contribution >= 4 is 50.5 Å². The van der Waals surface area contributed by atoms with Gasteiger partial charge in [0.2, 0.25) is 0 Å². The van der Waals surface area contributed by atoms with E-state index in [2.05, 4.69) is 5.32 Å². The summed E-state index contributed by atoms with van der Waals surface area (Å²) in [5, 5.41) is 4.84. The highest BCUT2D eigenvalue weighted by atomic mass is 35.5. The predicted octanol–water partition coefficient (Wildman–Crippen LogP) is 5.20. The molecule has 0 atom stereocenters. The number of fused-ring (bicyclic) bond motifs is 1. The Hall–Kier alpha value is -1.95. The van der Waals surface area contributed by atoms with Crippen LogP contribution in [0.2, 0.25) is 10.0 Å². The van der Waals surface area contributed by atoms with Gasteiger partial charge in [-0.05, 0) is 36.2 Å². The standard InChI is InChI=1S/C19H17Cl2NO3S/c1-24-14-6-3-11(9-15(14)25-2)7-8-22-19(23)18-17(21)13-5-4-12(20)10-16(13)26-18/h3-6,9-10H,7-8H2,1-2H3,(H,22,23). The second-order valence-corrected chi connectivity index (χ2v) is 7.45. The molecule has 0 bridgehead atoms. The molecule has 0 spiro atoms. The van der Waals surface area contributed by atoms with E-state index in [-0.39, 0.29) is 5.91 Å². The topological polar surface area (TPSA) is 47.6 Å². The number of ether oxygens (including phenoxy) is 2. The number of amides is 1. The third-order valence-electron chi connectivity index (χ3n) is 3.94. The summed E-state index contributed by atoms with van der Waals surface area (Å²) in [5.41, 5.74) is 1.04. The number of nitrogens with one attached hydrogen (secondary N) is 1. The van der Waals surface area contributed by atoms with Crippen LogP contribution in [0.3, 0.4) is 0 Å². The Morgan fingerprint density at radius 2 is 1.85 bits per heavy atom. The number of carbonyl (C=O) groups excluding carboxylic acids is 1. The molecule has 4 nitrogen and oxygen atoms in total. The minimum absolute atomic E-state index is 0.187. The Balaban J connectivity index is 1.67. The van der Waals surface area contributed by atoms with Gasteiger partial charge in [0.05, 0.1) is 19.2 Å². The summed E-state index contributed by atoms with van der Waals surface area (Å²) >= 11 is 13.7. The largest absolute Gasteiger partial charge is 0.493 e. The molecule has 0 saturated heterocycles. The predicted molar refractivity (Wildman–Crippen MR) is 107 cm³/mol. The van der Waals surface area contributed by atoms with Gasteiger partial charge < -0.3 is 14.8 Å². The highest BCUT2D eigenvalue weighted by Crippen LogP contribution is 2.36. The number of methoxy groups -OCH3 is 2. The number of thiophene rings is 1. The smallest absolute Gasteiger partial charge is 0.262 e. The first kappa shape index (κ1) is 18.8. The second-order valence-electron chi connectivity index (χ2n) is 5.58. The summed E-state index contributed by atoms with van der Waals surface area (Å²) in [6.07, 6.45) is 0.667. The van der Waals surface area contributed by atoms with Crippen LogP contribution in [0.5, 0.6) is 11.5 Å². The van der Waals surface area contributed by atoms with Gasteiger partial charge in [-0.25, -0.2) is 0 Å². The van der Waals surface area contributed by atoms with Crippen LogP contribution in [-0.2, 0) is 6.42 Å². The molecule has 0 aliphatic carbocycles. The zero-order chi connectivity index (χ0) is 18.7. The van der Waals surface area contributed by atoms with Gasteiger partial charge in [0, 0.05) is 21.7 Å². The normalized spacial score (nSPS) is 10.8. The summed E-state index contributed by atoms with van der Waals surface area (Å²) < 4.78 is 11.4. The molecule has 0 fully saturated rings. The average Bonchev–Trinajstić information content (AvgIpc) is 2.97. The summed E-state index contributed by atoms with van der Waals surface area (Å²) in [6, 6.07) is 11.1. The lowest BCUT2D eigenvalue weighted by atomic mass is 10.1. The number of hydrogen-bond donors (Lipinski definition) is 1. The van der Waals surface area contributed by atoms with Crippen LogP contribution >= 0.6 is 34.5 Å². The molecule has 1 aromatic heterocycles. The van der Waals surface area contributed by atoms with Gasteiger partial charge in [0.15, 0.2) is 11.5 Å². The Kier molecular flexibility index (Phi) is 5.91. The van der Waals surface area contributed by atoms with Crippen molar-refractivity contribution in [3.8, 4) is 11.5 Å². The van der Waals surface area contributed by atoms with E-state index in [4.69, 9.17) is 32.7 Å². The molecule has 26 heavy (non-hydrogen) atoms. The van der Waals surface area contributed by atoms with Crippen molar-refractivity contribution in [2.45, 2.75) is 6.42 Å². The quantitative estimate of drug-likeness (QED) is 0.608. The summed E-state index contributed by atoms with van der Waals surface area (Å²) in [7, 11) is 3.19. The van der Waals surface area contributed by atoms with Gasteiger partial charge in [-0.3, -0.25) is 4.79 Å². The second kappa shape index (κ2) is 8.16. The van der Waals surface area contributed by atoms with Crippen LogP contribution in [0.25, 0.3) is 10.1 Å². The fourth-order valence-electron chi connectivity index (χ4n) is 2.62. The SMILES string of the molecule is COc1ccc(CCNC(=O)c2sc3cc(Cl)ccc3c2Cl)cc1OC. The third-order valence-corrected chi connectivity index (χ3v) is 5.84. The molecule has 2 aromatic carbocycles. The first-order chi connectivity index (χ1) is 12.5. The lowest BCUT2D eigenvalue weighted by Crippen LogP contribution is -2.25. The van der Waals surface area contributed by atoms with Gasteiger partial charge >= 0.3 is 0 Å². The van der Waals surface area contributed by atoms with E-state index in [9.17, 15) is 4.79 Å². The number of benzene rings is 2. The molecule has 136 valence electrons. The van der Waals surface area contributed by atoms with Crippen molar-refractivity contribution in [3.05, 3.63) is 56.9 Å². The minimum atomic E-state index is -0.187. The van der Waals surface area contributed by atoms with E-state index in [0.29, 0.717) is 39.4 Å². The summed E-state index contributed by atoms with van der Waals surface area (Å²) in [5.74, 6) is 1.16. The van der Waals surface area contributed by atoms with E-state index in [0.717, 1.165) is 15.6 Å². The van der Waals surface area contributed by atoms with Gasteiger partial charge in [-0.2, -0.15) is 0 Å². The Labute approximate surface area is 165 Å². The monoisotopic (exact) mass is 409 g/mol. The van der Waals surface area contributed by atoms with E-state index >= 15 is 0 Å².